The predicted octanol–water partition coefficient (Wildman–Crippen LogP) is 3.55. The Balaban J connectivity index is 2.29. The van der Waals surface area contributed by atoms with Crippen LogP contribution in [0.2, 0.25) is 0 Å². The molecule has 1 aromatic rings. The van der Waals surface area contributed by atoms with Crippen LogP contribution in [-0.4, -0.2) is 29.9 Å². The Labute approximate surface area is 135 Å². The van der Waals surface area contributed by atoms with Gasteiger partial charge in [-0.05, 0) is 51.8 Å². The van der Waals surface area contributed by atoms with E-state index in [0.717, 1.165) is 6.42 Å². The van der Waals surface area contributed by atoms with Crippen molar-refractivity contribution in [3.63, 3.8) is 0 Å². The van der Waals surface area contributed by atoms with Crippen molar-refractivity contribution in [1.29, 1.82) is 0 Å². The molecule has 0 saturated heterocycles. The Morgan fingerprint density at radius 3 is 2.35 bits per heavy atom. The maximum atomic E-state index is 11.9. The van der Waals surface area contributed by atoms with Crippen LogP contribution in [-0.2, 0) is 14.9 Å². The lowest BCUT2D eigenvalue weighted by Crippen LogP contribution is -2.42. The van der Waals surface area contributed by atoms with Crippen molar-refractivity contribution in [2.24, 2.45) is 0 Å². The average molecular weight is 321 g/mol. The predicted molar refractivity (Wildman–Crippen MR) is 86.0 cm³/mol. The highest BCUT2D eigenvalue weighted by Gasteiger charge is 2.47. The summed E-state index contributed by atoms with van der Waals surface area (Å²) in [6.07, 6.45) is 1.41. The topological polar surface area (TPSA) is 84.9 Å². The third-order valence-corrected chi connectivity index (χ3v) is 3.98. The molecule has 1 amide bonds. The maximum Gasteiger partial charge on any atom is 0.412 e. The number of benzene rings is 1. The van der Waals surface area contributed by atoms with Crippen molar-refractivity contribution in [2.45, 2.75) is 51.0 Å². The summed E-state index contributed by atoms with van der Waals surface area (Å²) < 4.78 is 10.5. The number of carbonyl (C=O) groups is 2. The fraction of sp³-hybridized carbons (Fsp3) is 0.529. The van der Waals surface area contributed by atoms with Crippen LogP contribution in [0.4, 0.5) is 10.5 Å². The van der Waals surface area contributed by atoms with Crippen molar-refractivity contribution >= 4 is 17.7 Å². The highest BCUT2D eigenvalue weighted by Crippen LogP contribution is 2.48. The number of methoxy groups -OCH3 is 1. The molecule has 0 atom stereocenters. The lowest BCUT2D eigenvalue weighted by atomic mass is 9.64. The molecule has 0 radical (unpaired) electrons. The Kier molecular flexibility index (Phi) is 4.54. The van der Waals surface area contributed by atoms with Gasteiger partial charge in [-0.15, -0.1) is 0 Å². The molecule has 0 heterocycles. The SMILES string of the molecule is COc1ccc(NC(=O)OC(C)(C)C)cc1C1(C(=O)O)CCC1. The van der Waals surface area contributed by atoms with E-state index in [0.29, 0.717) is 29.8 Å². The number of hydrogen-bond donors (Lipinski definition) is 2. The molecule has 1 fully saturated rings. The van der Waals surface area contributed by atoms with Crippen LogP contribution in [0.25, 0.3) is 0 Å². The Morgan fingerprint density at radius 1 is 1.26 bits per heavy atom. The van der Waals surface area contributed by atoms with Gasteiger partial charge in [-0.1, -0.05) is 6.42 Å². The zero-order valence-electron chi connectivity index (χ0n) is 13.9. The lowest BCUT2D eigenvalue weighted by molar-refractivity contribution is -0.147. The number of hydrogen-bond acceptors (Lipinski definition) is 4. The number of carboxylic acid groups (broad SMARTS) is 1. The van der Waals surface area contributed by atoms with E-state index in [9.17, 15) is 14.7 Å². The molecule has 6 nitrogen and oxygen atoms in total. The summed E-state index contributed by atoms with van der Waals surface area (Å²) in [6, 6.07) is 5.00. The van der Waals surface area contributed by atoms with Gasteiger partial charge in [0.15, 0.2) is 0 Å². The molecular formula is C17H23NO5. The first-order valence-electron chi connectivity index (χ1n) is 7.60. The second-order valence-corrected chi connectivity index (χ2v) is 6.78. The highest BCUT2D eigenvalue weighted by molar-refractivity contribution is 5.87. The van der Waals surface area contributed by atoms with Gasteiger partial charge in [-0.3, -0.25) is 10.1 Å². The molecule has 0 spiro atoms. The zero-order valence-corrected chi connectivity index (χ0v) is 13.9. The first-order chi connectivity index (χ1) is 10.7. The molecule has 0 aromatic heterocycles. The third kappa shape index (κ3) is 3.57. The van der Waals surface area contributed by atoms with Crippen molar-refractivity contribution < 1.29 is 24.2 Å². The van der Waals surface area contributed by atoms with Crippen molar-refractivity contribution in [3.8, 4) is 5.75 Å². The Hall–Kier alpha value is -2.24. The van der Waals surface area contributed by atoms with E-state index in [2.05, 4.69) is 5.32 Å². The van der Waals surface area contributed by atoms with E-state index in [1.807, 2.05) is 0 Å². The largest absolute Gasteiger partial charge is 0.496 e. The molecule has 0 unspecified atom stereocenters. The highest BCUT2D eigenvalue weighted by atomic mass is 16.6. The van der Waals surface area contributed by atoms with Gasteiger partial charge >= 0.3 is 12.1 Å². The van der Waals surface area contributed by atoms with Crippen molar-refractivity contribution in [1.82, 2.24) is 0 Å². The number of anilines is 1. The summed E-state index contributed by atoms with van der Waals surface area (Å²) in [5, 5.41) is 12.3. The summed E-state index contributed by atoms with van der Waals surface area (Å²) >= 11 is 0. The standard InChI is InChI=1S/C17H23NO5/c1-16(2,3)23-15(21)18-11-6-7-13(22-4)12(10-11)17(14(19)20)8-5-9-17/h6-7,10H,5,8-9H2,1-4H3,(H,18,21)(H,19,20). The van der Waals surface area contributed by atoms with Crippen LogP contribution in [0.1, 0.15) is 45.6 Å². The van der Waals surface area contributed by atoms with Crippen LogP contribution in [0.3, 0.4) is 0 Å². The van der Waals surface area contributed by atoms with Gasteiger partial charge in [0.1, 0.15) is 11.4 Å². The van der Waals surface area contributed by atoms with Gasteiger partial charge in [0.2, 0.25) is 0 Å². The van der Waals surface area contributed by atoms with E-state index in [4.69, 9.17) is 9.47 Å². The first-order valence-corrected chi connectivity index (χ1v) is 7.60. The van der Waals surface area contributed by atoms with Gasteiger partial charge in [0.05, 0.1) is 12.5 Å². The minimum atomic E-state index is -0.934. The van der Waals surface area contributed by atoms with Crippen LogP contribution in [0.15, 0.2) is 18.2 Å². The van der Waals surface area contributed by atoms with Crippen molar-refractivity contribution in [3.05, 3.63) is 23.8 Å². The zero-order chi connectivity index (χ0) is 17.3. The number of rotatable bonds is 4. The number of carboxylic acids is 1. The molecule has 2 rings (SSSR count). The quantitative estimate of drug-likeness (QED) is 0.886. The van der Waals surface area contributed by atoms with Crippen LogP contribution < -0.4 is 10.1 Å². The molecule has 1 aromatic carbocycles. The van der Waals surface area contributed by atoms with Gasteiger partial charge < -0.3 is 14.6 Å². The minimum Gasteiger partial charge on any atom is -0.496 e. The first kappa shape index (κ1) is 17.1. The van der Waals surface area contributed by atoms with Crippen LogP contribution >= 0.6 is 0 Å². The smallest absolute Gasteiger partial charge is 0.412 e. The second kappa shape index (κ2) is 6.10. The summed E-state index contributed by atoms with van der Waals surface area (Å²) in [4.78, 5) is 23.6. The molecule has 1 aliphatic rings. The minimum absolute atomic E-state index is 0.488. The van der Waals surface area contributed by atoms with Gasteiger partial charge in [-0.25, -0.2) is 4.79 Å². The molecule has 0 aliphatic heterocycles. The van der Waals surface area contributed by atoms with Crippen molar-refractivity contribution in [2.75, 3.05) is 12.4 Å². The van der Waals surface area contributed by atoms with Crippen LogP contribution in [0.5, 0.6) is 5.75 Å². The number of ether oxygens (including phenoxy) is 2. The second-order valence-electron chi connectivity index (χ2n) is 6.78. The fourth-order valence-electron chi connectivity index (χ4n) is 2.71. The lowest BCUT2D eigenvalue weighted by Gasteiger charge is -2.39. The molecule has 2 N–H and O–H groups in total. The summed E-state index contributed by atoms with van der Waals surface area (Å²) in [7, 11) is 1.51. The summed E-state index contributed by atoms with van der Waals surface area (Å²) in [6.45, 7) is 5.33. The molecule has 126 valence electrons. The molecule has 0 bridgehead atoms. The Bertz CT molecular complexity index is 614. The molecule has 23 heavy (non-hydrogen) atoms. The van der Waals surface area contributed by atoms with Gasteiger partial charge in [0, 0.05) is 11.3 Å². The van der Waals surface area contributed by atoms with E-state index in [1.165, 1.54) is 7.11 Å². The van der Waals surface area contributed by atoms with E-state index >= 15 is 0 Å². The maximum absolute atomic E-state index is 11.9. The fourth-order valence-corrected chi connectivity index (χ4v) is 2.71. The molecular weight excluding hydrogens is 298 g/mol. The normalized spacial score (nSPS) is 16.2. The summed E-state index contributed by atoms with van der Waals surface area (Å²) in [5.74, 6) is -0.349. The third-order valence-electron chi connectivity index (χ3n) is 3.98. The Morgan fingerprint density at radius 2 is 1.91 bits per heavy atom. The molecule has 6 heteroatoms. The van der Waals surface area contributed by atoms with E-state index < -0.39 is 23.1 Å². The molecule has 1 aliphatic carbocycles. The average Bonchev–Trinajstić information content (AvgIpc) is 2.34. The monoisotopic (exact) mass is 321 g/mol. The number of aliphatic carboxylic acids is 1. The number of nitrogens with one attached hydrogen (secondary N) is 1. The van der Waals surface area contributed by atoms with Gasteiger partial charge in [0.25, 0.3) is 0 Å². The van der Waals surface area contributed by atoms with Gasteiger partial charge in [-0.2, -0.15) is 0 Å². The van der Waals surface area contributed by atoms with E-state index in [-0.39, 0.29) is 0 Å². The van der Waals surface area contributed by atoms with E-state index in [1.54, 1.807) is 39.0 Å². The molecule has 1 saturated carbocycles. The van der Waals surface area contributed by atoms with Crippen LogP contribution in [0, 0.1) is 0 Å². The summed E-state index contributed by atoms with van der Waals surface area (Å²) in [5.41, 5.74) is -0.457. The number of carbonyl (C=O) groups excluding carboxylic acids is 1. The number of amides is 1.